The van der Waals surface area contributed by atoms with Gasteiger partial charge in [0.1, 0.15) is 12.0 Å². The molecule has 3 rings (SSSR count). The molecule has 2 aromatic heterocycles. The quantitative estimate of drug-likeness (QED) is 0.612. The van der Waals surface area contributed by atoms with Crippen LogP contribution in [0.1, 0.15) is 61.0 Å². The smallest absolute Gasteiger partial charge is 0.271 e. The number of nitrogens with two attached hydrogens (primary N) is 1. The molecule has 0 saturated carbocycles. The second-order valence-electron chi connectivity index (χ2n) is 7.74. The lowest BCUT2D eigenvalue weighted by atomic mass is 10.0. The normalized spacial score (nSPS) is 12.3. The first kappa shape index (κ1) is 20.5. The van der Waals surface area contributed by atoms with Crippen molar-refractivity contribution in [2.75, 3.05) is 0 Å². The van der Waals surface area contributed by atoms with Crippen LogP contribution in [-0.2, 0) is 0 Å². The Morgan fingerprint density at radius 2 is 1.86 bits per heavy atom. The molecule has 7 nitrogen and oxygen atoms in total. The van der Waals surface area contributed by atoms with Gasteiger partial charge in [0.25, 0.3) is 11.8 Å². The van der Waals surface area contributed by atoms with E-state index in [0.29, 0.717) is 17.3 Å². The number of nitrogens with one attached hydrogen (secondary N) is 1. The van der Waals surface area contributed by atoms with Gasteiger partial charge >= 0.3 is 0 Å². The number of fused-ring (bicyclic) bond motifs is 1. The number of hydrogen-bond acceptors (Lipinski definition) is 4. The Morgan fingerprint density at radius 3 is 2.52 bits per heavy atom. The van der Waals surface area contributed by atoms with E-state index in [0.717, 1.165) is 24.8 Å². The molecule has 1 atom stereocenters. The van der Waals surface area contributed by atoms with E-state index in [9.17, 15) is 9.59 Å². The molecule has 3 N–H and O–H groups in total. The minimum Gasteiger partial charge on any atom is -0.364 e. The third-order valence-corrected chi connectivity index (χ3v) is 4.83. The molecule has 0 bridgehead atoms. The summed E-state index contributed by atoms with van der Waals surface area (Å²) < 4.78 is 1.52. The Balaban J connectivity index is 1.95. The van der Waals surface area contributed by atoms with E-state index in [1.807, 2.05) is 37.3 Å². The molecule has 3 aromatic rings. The van der Waals surface area contributed by atoms with Gasteiger partial charge in [-0.1, -0.05) is 57.0 Å². The number of hydrogen-bond donors (Lipinski definition) is 2. The fraction of sp³-hybridized carbons (Fsp3) is 0.364. The number of imidazole rings is 1. The van der Waals surface area contributed by atoms with Gasteiger partial charge in [-0.2, -0.15) is 0 Å². The first-order chi connectivity index (χ1) is 13.9. The van der Waals surface area contributed by atoms with E-state index in [1.165, 1.54) is 10.7 Å². The predicted octanol–water partition coefficient (Wildman–Crippen LogP) is 3.44. The van der Waals surface area contributed by atoms with E-state index >= 15 is 0 Å². The lowest BCUT2D eigenvalue weighted by Crippen LogP contribution is -2.33. The van der Waals surface area contributed by atoms with Crippen molar-refractivity contribution in [3.63, 3.8) is 0 Å². The van der Waals surface area contributed by atoms with Gasteiger partial charge < -0.3 is 11.1 Å². The molecule has 29 heavy (non-hydrogen) atoms. The molecule has 2 heterocycles. The number of primary amides is 1. The van der Waals surface area contributed by atoms with Crippen molar-refractivity contribution in [2.24, 2.45) is 11.7 Å². The largest absolute Gasteiger partial charge is 0.364 e. The van der Waals surface area contributed by atoms with E-state index in [-0.39, 0.29) is 23.3 Å². The number of amides is 2. The Labute approximate surface area is 170 Å². The lowest BCUT2D eigenvalue weighted by Gasteiger charge is -2.16. The molecule has 0 aliphatic rings. The van der Waals surface area contributed by atoms with Crippen LogP contribution in [0.2, 0.25) is 0 Å². The fourth-order valence-electron chi connectivity index (χ4n) is 3.28. The lowest BCUT2D eigenvalue weighted by molar-refractivity contribution is 0.0929. The van der Waals surface area contributed by atoms with Gasteiger partial charge in [0.15, 0.2) is 11.3 Å². The minimum absolute atomic E-state index is 0.0313. The molecule has 0 aliphatic heterocycles. The van der Waals surface area contributed by atoms with E-state index < -0.39 is 5.91 Å². The number of nitrogens with zero attached hydrogens (tertiary/aromatic N) is 3. The summed E-state index contributed by atoms with van der Waals surface area (Å²) in [6.07, 6.45) is 4.49. The summed E-state index contributed by atoms with van der Waals surface area (Å²) in [6.45, 7) is 6.38. The standard InChI is InChI=1S/C22H27N5O2/c1-14(2)8-7-9-15(3)25-22(29)18-12-17(16-10-5-4-6-11-16)26-21-19(20(23)28)24-13-27(18)21/h4-6,10-15H,7-9H2,1-3H3,(H2,23,28)(H,25,29)/t15-/m1/s1. The summed E-state index contributed by atoms with van der Waals surface area (Å²) >= 11 is 0. The van der Waals surface area contributed by atoms with Crippen LogP contribution >= 0.6 is 0 Å². The maximum Gasteiger partial charge on any atom is 0.271 e. The van der Waals surface area contributed by atoms with Crippen LogP contribution in [0.25, 0.3) is 16.9 Å². The fourth-order valence-corrected chi connectivity index (χ4v) is 3.28. The molecule has 0 radical (unpaired) electrons. The van der Waals surface area contributed by atoms with E-state index in [4.69, 9.17) is 5.73 Å². The molecule has 0 saturated heterocycles. The Hall–Kier alpha value is -3.22. The maximum absolute atomic E-state index is 13.0. The summed E-state index contributed by atoms with van der Waals surface area (Å²) in [5.41, 5.74) is 7.55. The molecule has 0 unspecified atom stereocenters. The van der Waals surface area contributed by atoms with Crippen LogP contribution in [0, 0.1) is 5.92 Å². The van der Waals surface area contributed by atoms with Crippen molar-refractivity contribution in [2.45, 2.75) is 46.1 Å². The second kappa shape index (κ2) is 8.86. The molecular weight excluding hydrogens is 366 g/mol. The molecule has 1 aromatic carbocycles. The minimum atomic E-state index is -0.682. The highest BCUT2D eigenvalue weighted by Crippen LogP contribution is 2.21. The second-order valence-corrected chi connectivity index (χ2v) is 7.74. The Morgan fingerprint density at radius 1 is 1.14 bits per heavy atom. The first-order valence-electron chi connectivity index (χ1n) is 9.91. The van der Waals surface area contributed by atoms with Gasteiger partial charge in [-0.3, -0.25) is 14.0 Å². The van der Waals surface area contributed by atoms with Crippen LogP contribution in [0.4, 0.5) is 0 Å². The summed E-state index contributed by atoms with van der Waals surface area (Å²) in [5.74, 6) is -0.275. The zero-order valence-electron chi connectivity index (χ0n) is 17.1. The average Bonchev–Trinajstić information content (AvgIpc) is 3.11. The Bertz CT molecular complexity index is 1010. The van der Waals surface area contributed by atoms with Crippen molar-refractivity contribution in [1.29, 1.82) is 0 Å². The SMILES string of the molecule is CC(C)CCC[C@@H](C)NC(=O)c1cc(-c2ccccc2)nc2c(C(N)=O)ncn12. The maximum atomic E-state index is 13.0. The summed E-state index contributed by atoms with van der Waals surface area (Å²) in [5, 5.41) is 3.05. The van der Waals surface area contributed by atoms with Gasteiger partial charge in [-0.05, 0) is 25.3 Å². The van der Waals surface area contributed by atoms with Gasteiger partial charge in [0.05, 0.1) is 5.69 Å². The van der Waals surface area contributed by atoms with E-state index in [1.54, 1.807) is 6.07 Å². The molecule has 0 aliphatic carbocycles. The highest BCUT2D eigenvalue weighted by atomic mass is 16.2. The van der Waals surface area contributed by atoms with Crippen molar-refractivity contribution in [3.05, 3.63) is 54.1 Å². The van der Waals surface area contributed by atoms with Crippen LogP contribution in [0.5, 0.6) is 0 Å². The van der Waals surface area contributed by atoms with Crippen molar-refractivity contribution in [1.82, 2.24) is 19.7 Å². The summed E-state index contributed by atoms with van der Waals surface area (Å²) in [6, 6.07) is 11.2. The van der Waals surface area contributed by atoms with Crippen LogP contribution < -0.4 is 11.1 Å². The topological polar surface area (TPSA) is 102 Å². The summed E-state index contributed by atoms with van der Waals surface area (Å²) in [7, 11) is 0. The third kappa shape index (κ3) is 4.80. The first-order valence-corrected chi connectivity index (χ1v) is 9.91. The van der Waals surface area contributed by atoms with Crippen LogP contribution in [-0.4, -0.2) is 32.2 Å². The van der Waals surface area contributed by atoms with Gasteiger partial charge in [-0.15, -0.1) is 0 Å². The van der Waals surface area contributed by atoms with Crippen LogP contribution in [0.15, 0.2) is 42.7 Å². The zero-order valence-corrected chi connectivity index (χ0v) is 17.1. The van der Waals surface area contributed by atoms with Gasteiger partial charge in [-0.25, -0.2) is 9.97 Å². The Kier molecular flexibility index (Phi) is 6.26. The number of rotatable bonds is 8. The monoisotopic (exact) mass is 393 g/mol. The summed E-state index contributed by atoms with van der Waals surface area (Å²) in [4.78, 5) is 33.4. The van der Waals surface area contributed by atoms with Crippen molar-refractivity contribution < 1.29 is 9.59 Å². The molecular formula is C22H27N5O2. The number of benzene rings is 1. The molecule has 7 heteroatoms. The highest BCUT2D eigenvalue weighted by Gasteiger charge is 2.20. The molecule has 0 spiro atoms. The van der Waals surface area contributed by atoms with Crippen LogP contribution in [0.3, 0.4) is 0 Å². The van der Waals surface area contributed by atoms with Crippen molar-refractivity contribution in [3.8, 4) is 11.3 Å². The predicted molar refractivity (Wildman–Crippen MR) is 113 cm³/mol. The number of carbonyl (C=O) groups excluding carboxylic acids is 2. The van der Waals surface area contributed by atoms with Crippen molar-refractivity contribution >= 4 is 17.5 Å². The van der Waals surface area contributed by atoms with E-state index in [2.05, 4.69) is 29.1 Å². The number of aromatic nitrogens is 3. The molecule has 152 valence electrons. The van der Waals surface area contributed by atoms with Gasteiger partial charge in [0, 0.05) is 11.6 Å². The average molecular weight is 393 g/mol. The molecule has 0 fully saturated rings. The van der Waals surface area contributed by atoms with Gasteiger partial charge in [0.2, 0.25) is 0 Å². The zero-order chi connectivity index (χ0) is 21.0. The number of carbonyl (C=O) groups is 2. The highest BCUT2D eigenvalue weighted by molar-refractivity contribution is 5.99. The molecule has 2 amide bonds. The third-order valence-electron chi connectivity index (χ3n) is 4.83.